The molecule has 1 heterocycles. The average molecular weight is 528 g/mol. The molecular weight excluding hydrogens is 486 g/mol. The first kappa shape index (κ1) is 28.2. The van der Waals surface area contributed by atoms with Crippen LogP contribution in [0.15, 0.2) is 66.7 Å². The lowest BCUT2D eigenvalue weighted by molar-refractivity contribution is -0.123. The Balaban J connectivity index is 1.26. The Labute approximate surface area is 232 Å². The van der Waals surface area contributed by atoms with Gasteiger partial charge in [0, 0.05) is 19.5 Å². The summed E-state index contributed by atoms with van der Waals surface area (Å²) in [5.41, 5.74) is 5.70. The monoisotopic (exact) mass is 527 g/mol. The first-order chi connectivity index (χ1) is 18.7. The Kier molecular flexibility index (Phi) is 9.28. The number of para-hydroxylation sites is 2. The highest BCUT2D eigenvalue weighted by atomic mass is 16.5. The molecule has 0 saturated heterocycles. The van der Waals surface area contributed by atoms with Gasteiger partial charge in [-0.05, 0) is 79.1 Å². The van der Waals surface area contributed by atoms with Crippen molar-refractivity contribution in [1.29, 1.82) is 0 Å². The summed E-state index contributed by atoms with van der Waals surface area (Å²) in [7, 11) is 0. The van der Waals surface area contributed by atoms with Crippen molar-refractivity contribution < 1.29 is 14.3 Å². The highest BCUT2D eigenvalue weighted by Gasteiger charge is 2.14. The van der Waals surface area contributed by atoms with Gasteiger partial charge < -0.3 is 19.4 Å². The molecule has 0 atom stereocenters. The van der Waals surface area contributed by atoms with Crippen molar-refractivity contribution in [3.05, 3.63) is 89.2 Å². The average Bonchev–Trinajstić information content (AvgIpc) is 3.26. The van der Waals surface area contributed by atoms with Crippen LogP contribution >= 0.6 is 0 Å². The smallest absolute Gasteiger partial charge is 0.257 e. The lowest BCUT2D eigenvalue weighted by atomic mass is 9.87. The zero-order valence-electron chi connectivity index (χ0n) is 23.9. The molecule has 0 unspecified atom stereocenters. The van der Waals surface area contributed by atoms with E-state index in [9.17, 15) is 4.79 Å². The standard InChI is InChI=1S/C33H41N3O3/c1-24-13-14-25(2)30(22-24)39-23-32(37)34-19-8-12-31-35-28-10-6-7-11-29(28)36(31)20-9-21-38-27-17-15-26(16-18-27)33(3,4)5/h6-7,10-11,13-18,22H,8-9,12,19-21,23H2,1-5H3,(H,34,37). The van der Waals surface area contributed by atoms with Gasteiger partial charge in [-0.1, -0.05) is 57.2 Å². The second kappa shape index (κ2) is 12.8. The van der Waals surface area contributed by atoms with Gasteiger partial charge in [0.15, 0.2) is 6.61 Å². The molecule has 0 radical (unpaired) electrons. The number of nitrogens with one attached hydrogen (secondary N) is 1. The minimum Gasteiger partial charge on any atom is -0.494 e. The summed E-state index contributed by atoms with van der Waals surface area (Å²) in [6, 6.07) is 22.6. The molecule has 4 aromatic rings. The fourth-order valence-electron chi connectivity index (χ4n) is 4.56. The van der Waals surface area contributed by atoms with E-state index in [0.717, 1.165) is 65.3 Å². The lowest BCUT2D eigenvalue weighted by Gasteiger charge is -2.19. The summed E-state index contributed by atoms with van der Waals surface area (Å²) in [5, 5.41) is 2.97. The number of aryl methyl sites for hydroxylation is 4. The highest BCUT2D eigenvalue weighted by Crippen LogP contribution is 2.24. The molecule has 0 saturated carbocycles. The van der Waals surface area contributed by atoms with Gasteiger partial charge in [0.1, 0.15) is 17.3 Å². The van der Waals surface area contributed by atoms with Crippen molar-refractivity contribution in [1.82, 2.24) is 14.9 Å². The zero-order chi connectivity index (χ0) is 27.8. The van der Waals surface area contributed by atoms with Crippen molar-refractivity contribution in [2.75, 3.05) is 19.8 Å². The summed E-state index contributed by atoms with van der Waals surface area (Å²) in [6.45, 7) is 12.7. The van der Waals surface area contributed by atoms with E-state index in [1.54, 1.807) is 0 Å². The van der Waals surface area contributed by atoms with Gasteiger partial charge in [-0.25, -0.2) is 4.98 Å². The molecule has 0 fully saturated rings. The number of carbonyl (C=O) groups is 1. The van der Waals surface area contributed by atoms with Gasteiger partial charge in [0.2, 0.25) is 0 Å². The van der Waals surface area contributed by atoms with Crippen molar-refractivity contribution in [2.24, 2.45) is 0 Å². The van der Waals surface area contributed by atoms with Crippen molar-refractivity contribution in [3.8, 4) is 11.5 Å². The van der Waals surface area contributed by atoms with Crippen LogP contribution < -0.4 is 14.8 Å². The molecule has 1 amide bonds. The van der Waals surface area contributed by atoms with E-state index < -0.39 is 0 Å². The van der Waals surface area contributed by atoms with E-state index in [-0.39, 0.29) is 17.9 Å². The van der Waals surface area contributed by atoms with Crippen LogP contribution in [0.4, 0.5) is 0 Å². The van der Waals surface area contributed by atoms with E-state index in [0.29, 0.717) is 13.2 Å². The van der Waals surface area contributed by atoms with Gasteiger partial charge >= 0.3 is 0 Å². The number of amides is 1. The Morgan fingerprint density at radius 2 is 1.72 bits per heavy atom. The number of hydrogen-bond acceptors (Lipinski definition) is 4. The Bertz CT molecular complexity index is 1380. The fourth-order valence-corrected chi connectivity index (χ4v) is 4.56. The quantitative estimate of drug-likeness (QED) is 0.212. The first-order valence-corrected chi connectivity index (χ1v) is 13.8. The van der Waals surface area contributed by atoms with Crippen molar-refractivity contribution >= 4 is 16.9 Å². The largest absolute Gasteiger partial charge is 0.494 e. The van der Waals surface area contributed by atoms with Gasteiger partial charge in [0.25, 0.3) is 5.91 Å². The number of fused-ring (bicyclic) bond motifs is 1. The Morgan fingerprint density at radius 3 is 2.49 bits per heavy atom. The van der Waals surface area contributed by atoms with Crippen LogP contribution in [0.1, 0.15) is 56.1 Å². The summed E-state index contributed by atoms with van der Waals surface area (Å²) in [5.74, 6) is 2.57. The lowest BCUT2D eigenvalue weighted by Crippen LogP contribution is -2.30. The fraction of sp³-hybridized carbons (Fsp3) is 0.394. The number of benzene rings is 3. The molecular formula is C33H41N3O3. The van der Waals surface area contributed by atoms with Crippen LogP contribution in [0, 0.1) is 13.8 Å². The third-order valence-corrected chi connectivity index (χ3v) is 6.85. The Hall–Kier alpha value is -3.80. The number of ether oxygens (including phenoxy) is 2. The molecule has 206 valence electrons. The van der Waals surface area contributed by atoms with Crippen LogP contribution in [0.5, 0.6) is 11.5 Å². The molecule has 0 bridgehead atoms. The van der Waals surface area contributed by atoms with Gasteiger partial charge in [-0.15, -0.1) is 0 Å². The first-order valence-electron chi connectivity index (χ1n) is 13.8. The summed E-state index contributed by atoms with van der Waals surface area (Å²) >= 11 is 0. The molecule has 0 aliphatic carbocycles. The zero-order valence-corrected chi connectivity index (χ0v) is 23.9. The van der Waals surface area contributed by atoms with Gasteiger partial charge in [0.05, 0.1) is 17.6 Å². The molecule has 39 heavy (non-hydrogen) atoms. The number of imidazole rings is 1. The summed E-state index contributed by atoms with van der Waals surface area (Å²) < 4.78 is 14.0. The van der Waals surface area contributed by atoms with Crippen LogP contribution in [0.3, 0.4) is 0 Å². The van der Waals surface area contributed by atoms with E-state index in [1.165, 1.54) is 5.56 Å². The molecule has 4 rings (SSSR count). The molecule has 1 N–H and O–H groups in total. The number of rotatable bonds is 12. The molecule has 3 aromatic carbocycles. The van der Waals surface area contributed by atoms with Gasteiger partial charge in [-0.3, -0.25) is 4.79 Å². The molecule has 1 aromatic heterocycles. The number of carbonyl (C=O) groups excluding carboxylic acids is 1. The minimum atomic E-state index is -0.114. The third kappa shape index (κ3) is 7.85. The number of hydrogen-bond donors (Lipinski definition) is 1. The third-order valence-electron chi connectivity index (χ3n) is 6.85. The molecule has 0 aliphatic rings. The normalized spacial score (nSPS) is 11.5. The Morgan fingerprint density at radius 1 is 0.949 bits per heavy atom. The predicted molar refractivity (Wildman–Crippen MR) is 158 cm³/mol. The van der Waals surface area contributed by atoms with Gasteiger partial charge in [-0.2, -0.15) is 0 Å². The molecule has 0 spiro atoms. The van der Waals surface area contributed by atoms with Crippen LogP contribution in [-0.4, -0.2) is 35.2 Å². The SMILES string of the molecule is Cc1ccc(C)c(OCC(=O)NCCCc2nc3ccccc3n2CCCOc2ccc(C(C)(C)C)cc2)c1. The van der Waals surface area contributed by atoms with E-state index in [2.05, 4.69) is 67.1 Å². The molecule has 6 heteroatoms. The van der Waals surface area contributed by atoms with E-state index >= 15 is 0 Å². The number of nitrogens with zero attached hydrogens (tertiary/aromatic N) is 2. The second-order valence-corrected chi connectivity index (χ2v) is 11.2. The summed E-state index contributed by atoms with van der Waals surface area (Å²) in [6.07, 6.45) is 2.46. The topological polar surface area (TPSA) is 65.4 Å². The predicted octanol–water partition coefficient (Wildman–Crippen LogP) is 6.55. The maximum absolute atomic E-state index is 12.3. The molecule has 6 nitrogen and oxygen atoms in total. The summed E-state index contributed by atoms with van der Waals surface area (Å²) in [4.78, 5) is 17.2. The highest BCUT2D eigenvalue weighted by molar-refractivity contribution is 5.77. The van der Waals surface area contributed by atoms with Crippen LogP contribution in [0.2, 0.25) is 0 Å². The van der Waals surface area contributed by atoms with Crippen LogP contribution in [0.25, 0.3) is 11.0 Å². The van der Waals surface area contributed by atoms with E-state index in [1.807, 2.05) is 44.2 Å². The minimum absolute atomic E-state index is 0.0156. The maximum atomic E-state index is 12.3. The maximum Gasteiger partial charge on any atom is 0.257 e. The van der Waals surface area contributed by atoms with Crippen molar-refractivity contribution in [3.63, 3.8) is 0 Å². The van der Waals surface area contributed by atoms with Crippen molar-refractivity contribution in [2.45, 2.75) is 65.8 Å². The number of aromatic nitrogens is 2. The second-order valence-electron chi connectivity index (χ2n) is 11.2. The van der Waals surface area contributed by atoms with Crippen LogP contribution in [-0.2, 0) is 23.2 Å². The molecule has 0 aliphatic heterocycles. The van der Waals surface area contributed by atoms with E-state index in [4.69, 9.17) is 14.5 Å².